The standard InChI is InChI=1S/C19H28F3NO2S/c1-15-6-4-7-17(14-15)26(24,25)18(2,3)10-5-11-23-12-8-16(9-13-23)19(20,21)22/h4,6-7,14,16H,5,8-13H2,1-3H3. The summed E-state index contributed by atoms with van der Waals surface area (Å²) in [5.74, 6) is -1.20. The van der Waals surface area contributed by atoms with Crippen LogP contribution in [0, 0.1) is 12.8 Å². The molecule has 26 heavy (non-hydrogen) atoms. The van der Waals surface area contributed by atoms with E-state index in [0.29, 0.717) is 37.4 Å². The van der Waals surface area contributed by atoms with Crippen molar-refractivity contribution < 1.29 is 21.6 Å². The van der Waals surface area contributed by atoms with Crippen molar-refractivity contribution in [2.45, 2.75) is 62.3 Å². The Morgan fingerprint density at radius 3 is 2.31 bits per heavy atom. The zero-order chi connectivity index (χ0) is 19.6. The van der Waals surface area contributed by atoms with Crippen LogP contribution in [-0.2, 0) is 9.84 Å². The molecule has 0 N–H and O–H groups in total. The van der Waals surface area contributed by atoms with E-state index in [0.717, 1.165) is 5.56 Å². The minimum atomic E-state index is -4.10. The number of nitrogens with zero attached hydrogens (tertiary/aromatic N) is 1. The lowest BCUT2D eigenvalue weighted by molar-refractivity contribution is -0.185. The van der Waals surface area contributed by atoms with E-state index < -0.39 is 26.7 Å². The first-order valence-corrected chi connectivity index (χ1v) is 10.5. The van der Waals surface area contributed by atoms with Crippen LogP contribution < -0.4 is 0 Å². The number of alkyl halides is 3. The summed E-state index contributed by atoms with van der Waals surface area (Å²) in [4.78, 5) is 2.34. The van der Waals surface area contributed by atoms with E-state index in [1.807, 2.05) is 17.9 Å². The molecular formula is C19H28F3NO2S. The minimum absolute atomic E-state index is 0.133. The third-order valence-electron chi connectivity index (χ3n) is 5.33. The number of likely N-dealkylation sites (tertiary alicyclic amines) is 1. The van der Waals surface area contributed by atoms with Crippen molar-refractivity contribution in [3.8, 4) is 0 Å². The molecular weight excluding hydrogens is 363 g/mol. The molecule has 1 aromatic carbocycles. The second kappa shape index (κ2) is 7.89. The number of aryl methyl sites for hydroxylation is 1. The van der Waals surface area contributed by atoms with Gasteiger partial charge in [-0.2, -0.15) is 13.2 Å². The fraction of sp³-hybridized carbons (Fsp3) is 0.684. The van der Waals surface area contributed by atoms with Crippen LogP contribution in [0.5, 0.6) is 0 Å². The number of sulfone groups is 1. The molecule has 0 aromatic heterocycles. The van der Waals surface area contributed by atoms with Crippen LogP contribution in [0.15, 0.2) is 29.2 Å². The summed E-state index contributed by atoms with van der Waals surface area (Å²) in [7, 11) is -3.46. The Kier molecular flexibility index (Phi) is 6.44. The van der Waals surface area contributed by atoms with E-state index in [1.54, 1.807) is 32.0 Å². The van der Waals surface area contributed by atoms with Gasteiger partial charge in [0.05, 0.1) is 15.6 Å². The molecule has 2 rings (SSSR count). The highest BCUT2D eigenvalue weighted by Crippen LogP contribution is 2.34. The van der Waals surface area contributed by atoms with Crippen LogP contribution in [0.1, 0.15) is 45.1 Å². The van der Waals surface area contributed by atoms with Crippen LogP contribution in [0.2, 0.25) is 0 Å². The van der Waals surface area contributed by atoms with Gasteiger partial charge in [-0.15, -0.1) is 0 Å². The normalized spacial score (nSPS) is 18.2. The third-order valence-corrected chi connectivity index (χ3v) is 7.86. The first kappa shape index (κ1) is 21.2. The third kappa shape index (κ3) is 5.00. The monoisotopic (exact) mass is 391 g/mol. The van der Waals surface area contributed by atoms with Crippen molar-refractivity contribution >= 4 is 9.84 Å². The predicted molar refractivity (Wildman–Crippen MR) is 96.9 cm³/mol. The fourth-order valence-electron chi connectivity index (χ4n) is 3.45. The van der Waals surface area contributed by atoms with Gasteiger partial charge < -0.3 is 4.90 Å². The van der Waals surface area contributed by atoms with E-state index >= 15 is 0 Å². The highest BCUT2D eigenvalue weighted by atomic mass is 32.2. The second-order valence-electron chi connectivity index (χ2n) is 7.84. The molecule has 0 aliphatic carbocycles. The van der Waals surface area contributed by atoms with E-state index in [1.165, 1.54) is 0 Å². The molecule has 0 radical (unpaired) electrons. The molecule has 0 atom stereocenters. The maximum absolute atomic E-state index is 12.9. The Balaban J connectivity index is 1.89. The summed E-state index contributed by atoms with van der Waals surface area (Å²) >= 11 is 0. The molecule has 148 valence electrons. The van der Waals surface area contributed by atoms with Gasteiger partial charge in [-0.25, -0.2) is 8.42 Å². The SMILES string of the molecule is Cc1cccc(S(=O)(=O)C(C)(C)CCCN2CCC(C(F)(F)F)CC2)c1. The molecule has 1 heterocycles. The molecule has 1 aromatic rings. The summed E-state index contributed by atoms with van der Waals surface area (Å²) < 4.78 is 63.0. The zero-order valence-corrected chi connectivity index (χ0v) is 16.5. The number of benzene rings is 1. The molecule has 1 aliphatic rings. The van der Waals surface area contributed by atoms with Crippen molar-refractivity contribution in [1.82, 2.24) is 4.90 Å². The van der Waals surface area contributed by atoms with Crippen molar-refractivity contribution in [2.24, 2.45) is 5.92 Å². The molecule has 0 amide bonds. The van der Waals surface area contributed by atoms with Crippen LogP contribution in [-0.4, -0.2) is 43.9 Å². The van der Waals surface area contributed by atoms with E-state index in [2.05, 4.69) is 0 Å². The zero-order valence-electron chi connectivity index (χ0n) is 15.6. The summed E-state index contributed by atoms with van der Waals surface area (Å²) in [5, 5.41) is 0. The summed E-state index contributed by atoms with van der Waals surface area (Å²) in [6.45, 7) is 6.79. The Morgan fingerprint density at radius 1 is 1.15 bits per heavy atom. The summed E-state index contributed by atoms with van der Waals surface area (Å²) in [6.07, 6.45) is -2.71. The van der Waals surface area contributed by atoms with Crippen LogP contribution in [0.4, 0.5) is 13.2 Å². The Labute approximate surface area is 154 Å². The van der Waals surface area contributed by atoms with Crippen LogP contribution >= 0.6 is 0 Å². The maximum atomic E-state index is 12.9. The van der Waals surface area contributed by atoms with Gasteiger partial charge in [-0.05, 0) is 83.8 Å². The highest BCUT2D eigenvalue weighted by molar-refractivity contribution is 7.92. The molecule has 0 unspecified atom stereocenters. The lowest BCUT2D eigenvalue weighted by atomic mass is 9.96. The van der Waals surface area contributed by atoms with Gasteiger partial charge in [0.2, 0.25) is 0 Å². The molecule has 0 saturated carbocycles. The average molecular weight is 391 g/mol. The molecule has 1 fully saturated rings. The van der Waals surface area contributed by atoms with Gasteiger partial charge >= 0.3 is 6.18 Å². The van der Waals surface area contributed by atoms with Crippen molar-refractivity contribution in [3.05, 3.63) is 29.8 Å². The van der Waals surface area contributed by atoms with E-state index in [4.69, 9.17) is 0 Å². The number of piperidine rings is 1. The van der Waals surface area contributed by atoms with Gasteiger partial charge in [0.25, 0.3) is 0 Å². The first-order valence-electron chi connectivity index (χ1n) is 9.04. The molecule has 0 spiro atoms. The van der Waals surface area contributed by atoms with E-state index in [9.17, 15) is 21.6 Å². The Hall–Kier alpha value is -1.08. The minimum Gasteiger partial charge on any atom is -0.303 e. The number of hydrogen-bond donors (Lipinski definition) is 0. The number of rotatable bonds is 6. The van der Waals surface area contributed by atoms with Gasteiger partial charge in [-0.3, -0.25) is 0 Å². The molecule has 0 bridgehead atoms. The van der Waals surface area contributed by atoms with Gasteiger partial charge in [0, 0.05) is 0 Å². The smallest absolute Gasteiger partial charge is 0.303 e. The van der Waals surface area contributed by atoms with Gasteiger partial charge in [0.1, 0.15) is 0 Å². The molecule has 1 aliphatic heterocycles. The van der Waals surface area contributed by atoms with Gasteiger partial charge in [-0.1, -0.05) is 12.1 Å². The quantitative estimate of drug-likeness (QED) is 0.711. The number of halogens is 3. The second-order valence-corrected chi connectivity index (χ2v) is 10.4. The average Bonchev–Trinajstić information content (AvgIpc) is 2.54. The topological polar surface area (TPSA) is 37.4 Å². The van der Waals surface area contributed by atoms with Crippen molar-refractivity contribution in [2.75, 3.05) is 19.6 Å². The van der Waals surface area contributed by atoms with Crippen LogP contribution in [0.3, 0.4) is 0 Å². The first-order chi connectivity index (χ1) is 11.9. The lowest BCUT2D eigenvalue weighted by Crippen LogP contribution is -2.40. The molecule has 1 saturated heterocycles. The Morgan fingerprint density at radius 2 is 1.77 bits per heavy atom. The van der Waals surface area contributed by atoms with E-state index in [-0.39, 0.29) is 12.8 Å². The summed E-state index contributed by atoms with van der Waals surface area (Å²) in [6, 6.07) is 6.89. The highest BCUT2D eigenvalue weighted by Gasteiger charge is 2.41. The Bertz CT molecular complexity index is 706. The van der Waals surface area contributed by atoms with Crippen LogP contribution in [0.25, 0.3) is 0 Å². The fourth-order valence-corrected chi connectivity index (χ4v) is 5.10. The van der Waals surface area contributed by atoms with Gasteiger partial charge in [0.15, 0.2) is 9.84 Å². The number of hydrogen-bond acceptors (Lipinski definition) is 3. The van der Waals surface area contributed by atoms with Crippen molar-refractivity contribution in [3.63, 3.8) is 0 Å². The molecule has 7 heteroatoms. The summed E-state index contributed by atoms with van der Waals surface area (Å²) in [5.41, 5.74) is 0.898. The maximum Gasteiger partial charge on any atom is 0.391 e. The molecule has 3 nitrogen and oxygen atoms in total. The lowest BCUT2D eigenvalue weighted by Gasteiger charge is -2.33. The van der Waals surface area contributed by atoms with Crippen molar-refractivity contribution in [1.29, 1.82) is 0 Å². The largest absolute Gasteiger partial charge is 0.391 e. The predicted octanol–water partition coefficient (Wildman–Crippen LogP) is 4.60.